The molecule has 0 amide bonds. The maximum Gasteiger partial charge on any atom is 0.293 e. The first-order chi connectivity index (χ1) is 7.19. The molecule has 78 valence electrons. The molecule has 0 saturated carbocycles. The van der Waals surface area contributed by atoms with Gasteiger partial charge in [-0.05, 0) is 12.1 Å². The number of anilines is 1. The third-order valence-corrected chi connectivity index (χ3v) is 1.78. The van der Waals surface area contributed by atoms with Gasteiger partial charge in [0.1, 0.15) is 5.69 Å². The molecule has 0 aliphatic heterocycles. The molecule has 0 heterocycles. The number of nitrogens with zero attached hydrogens (tertiary/aromatic N) is 2. The van der Waals surface area contributed by atoms with E-state index in [0.29, 0.717) is 18.8 Å². The summed E-state index contributed by atoms with van der Waals surface area (Å²) in [6.07, 6.45) is 0. The van der Waals surface area contributed by atoms with Gasteiger partial charge < -0.3 is 11.1 Å². The minimum Gasteiger partial charge on any atom is -0.378 e. The van der Waals surface area contributed by atoms with Crippen molar-refractivity contribution >= 4 is 11.4 Å². The summed E-state index contributed by atoms with van der Waals surface area (Å²) in [4.78, 5) is 10.1. The fourth-order valence-electron chi connectivity index (χ4n) is 1.11. The van der Waals surface area contributed by atoms with Gasteiger partial charge in [0.05, 0.1) is 16.6 Å². The molecular weight excluding hydrogens is 196 g/mol. The van der Waals surface area contributed by atoms with Crippen LogP contribution in [-0.4, -0.2) is 18.0 Å². The van der Waals surface area contributed by atoms with E-state index in [-0.39, 0.29) is 11.3 Å². The molecule has 0 aliphatic rings. The van der Waals surface area contributed by atoms with Crippen LogP contribution in [-0.2, 0) is 0 Å². The van der Waals surface area contributed by atoms with Crippen molar-refractivity contribution in [3.05, 3.63) is 33.9 Å². The van der Waals surface area contributed by atoms with Crippen molar-refractivity contribution in [2.75, 3.05) is 18.4 Å². The van der Waals surface area contributed by atoms with Crippen LogP contribution in [0.1, 0.15) is 5.56 Å². The van der Waals surface area contributed by atoms with E-state index in [9.17, 15) is 10.1 Å². The summed E-state index contributed by atoms with van der Waals surface area (Å²) in [5.41, 5.74) is 5.81. The van der Waals surface area contributed by atoms with Crippen LogP contribution in [0.3, 0.4) is 0 Å². The largest absolute Gasteiger partial charge is 0.378 e. The number of nitrogens with two attached hydrogens (primary N) is 1. The third kappa shape index (κ3) is 2.65. The van der Waals surface area contributed by atoms with E-state index in [1.807, 2.05) is 6.07 Å². The highest BCUT2D eigenvalue weighted by atomic mass is 16.6. The van der Waals surface area contributed by atoms with E-state index in [1.165, 1.54) is 18.2 Å². The molecular formula is C9H10N4O2. The lowest BCUT2D eigenvalue weighted by Crippen LogP contribution is -2.13. The number of benzene rings is 1. The van der Waals surface area contributed by atoms with E-state index in [1.54, 1.807) is 0 Å². The fraction of sp³-hybridized carbons (Fsp3) is 0.222. The van der Waals surface area contributed by atoms with E-state index in [4.69, 9.17) is 11.0 Å². The average Bonchev–Trinajstić information content (AvgIpc) is 2.26. The molecule has 6 nitrogen and oxygen atoms in total. The van der Waals surface area contributed by atoms with Crippen molar-refractivity contribution in [1.29, 1.82) is 5.26 Å². The second kappa shape index (κ2) is 4.93. The van der Waals surface area contributed by atoms with Gasteiger partial charge in [0.15, 0.2) is 0 Å². The normalized spacial score (nSPS) is 9.33. The van der Waals surface area contributed by atoms with Gasteiger partial charge in [-0.15, -0.1) is 0 Å². The van der Waals surface area contributed by atoms with Gasteiger partial charge >= 0.3 is 0 Å². The number of rotatable bonds is 4. The zero-order valence-electron chi connectivity index (χ0n) is 7.93. The Labute approximate surface area is 86.5 Å². The minimum atomic E-state index is -0.528. The lowest BCUT2D eigenvalue weighted by Gasteiger charge is -2.05. The fourth-order valence-corrected chi connectivity index (χ4v) is 1.11. The molecule has 3 N–H and O–H groups in total. The summed E-state index contributed by atoms with van der Waals surface area (Å²) >= 11 is 0. The van der Waals surface area contributed by atoms with Crippen LogP contribution in [0, 0.1) is 21.4 Å². The van der Waals surface area contributed by atoms with Gasteiger partial charge in [-0.2, -0.15) is 5.26 Å². The van der Waals surface area contributed by atoms with Crippen molar-refractivity contribution < 1.29 is 4.92 Å². The van der Waals surface area contributed by atoms with Crippen LogP contribution in [0.25, 0.3) is 0 Å². The maximum absolute atomic E-state index is 10.7. The summed E-state index contributed by atoms with van der Waals surface area (Å²) < 4.78 is 0. The SMILES string of the molecule is N#Cc1ccc(NCCN)c([N+](=O)[O-])c1. The Balaban J connectivity index is 3.05. The lowest BCUT2D eigenvalue weighted by atomic mass is 10.2. The number of nitriles is 1. The minimum absolute atomic E-state index is 0.109. The van der Waals surface area contributed by atoms with Crippen LogP contribution in [0.5, 0.6) is 0 Å². The van der Waals surface area contributed by atoms with Gasteiger partial charge in [0.2, 0.25) is 0 Å². The summed E-state index contributed by atoms with van der Waals surface area (Å²) in [5.74, 6) is 0. The second-order valence-corrected chi connectivity index (χ2v) is 2.82. The summed E-state index contributed by atoms with van der Waals surface area (Å²) in [6.45, 7) is 0.837. The molecule has 1 aromatic rings. The number of nitrogens with one attached hydrogen (secondary N) is 1. The van der Waals surface area contributed by atoms with Crippen LogP contribution in [0.15, 0.2) is 18.2 Å². The monoisotopic (exact) mass is 206 g/mol. The molecule has 6 heteroatoms. The molecule has 0 radical (unpaired) electrons. The molecule has 0 unspecified atom stereocenters. The van der Waals surface area contributed by atoms with Crippen molar-refractivity contribution in [3.8, 4) is 6.07 Å². The molecule has 1 rings (SSSR count). The van der Waals surface area contributed by atoms with Gasteiger partial charge in [0, 0.05) is 19.2 Å². The standard InChI is InChI=1S/C9H10N4O2/c10-3-4-12-8-2-1-7(6-11)5-9(8)13(14)15/h1-2,5,12H,3-4,10H2. The summed E-state index contributed by atoms with van der Waals surface area (Å²) in [7, 11) is 0. The first kappa shape index (κ1) is 10.9. The number of hydrogen-bond acceptors (Lipinski definition) is 5. The van der Waals surface area contributed by atoms with Gasteiger partial charge in [-0.1, -0.05) is 0 Å². The predicted molar refractivity (Wildman–Crippen MR) is 55.4 cm³/mol. The summed E-state index contributed by atoms with van der Waals surface area (Å²) in [5, 5.41) is 22.1. The molecule has 1 aromatic carbocycles. The number of nitro groups is 1. The zero-order valence-corrected chi connectivity index (χ0v) is 7.93. The maximum atomic E-state index is 10.7. The predicted octanol–water partition coefficient (Wildman–Crippen LogP) is 0.837. The van der Waals surface area contributed by atoms with Crippen LogP contribution in [0.4, 0.5) is 11.4 Å². The molecule has 0 atom stereocenters. The second-order valence-electron chi connectivity index (χ2n) is 2.82. The van der Waals surface area contributed by atoms with Crippen molar-refractivity contribution in [2.45, 2.75) is 0 Å². The molecule has 0 spiro atoms. The quantitative estimate of drug-likeness (QED) is 0.560. The van der Waals surface area contributed by atoms with Gasteiger partial charge in [0.25, 0.3) is 5.69 Å². The number of nitro benzene ring substituents is 1. The van der Waals surface area contributed by atoms with E-state index < -0.39 is 4.92 Å². The zero-order chi connectivity index (χ0) is 11.3. The van der Waals surface area contributed by atoms with E-state index >= 15 is 0 Å². The number of hydrogen-bond donors (Lipinski definition) is 2. The lowest BCUT2D eigenvalue weighted by molar-refractivity contribution is -0.384. The molecule has 0 aromatic heterocycles. The highest BCUT2D eigenvalue weighted by Gasteiger charge is 2.13. The first-order valence-electron chi connectivity index (χ1n) is 4.31. The van der Waals surface area contributed by atoms with Crippen molar-refractivity contribution in [2.24, 2.45) is 5.73 Å². The average molecular weight is 206 g/mol. The van der Waals surface area contributed by atoms with Crippen molar-refractivity contribution in [1.82, 2.24) is 0 Å². The highest BCUT2D eigenvalue weighted by molar-refractivity contribution is 5.63. The van der Waals surface area contributed by atoms with Crippen LogP contribution < -0.4 is 11.1 Å². The molecule has 15 heavy (non-hydrogen) atoms. The van der Waals surface area contributed by atoms with Crippen LogP contribution in [0.2, 0.25) is 0 Å². The highest BCUT2D eigenvalue weighted by Crippen LogP contribution is 2.24. The Morgan fingerprint density at radius 3 is 2.87 bits per heavy atom. The molecule has 0 saturated heterocycles. The van der Waals surface area contributed by atoms with E-state index in [0.717, 1.165) is 0 Å². The van der Waals surface area contributed by atoms with E-state index in [2.05, 4.69) is 5.32 Å². The Morgan fingerprint density at radius 2 is 2.33 bits per heavy atom. The van der Waals surface area contributed by atoms with Gasteiger partial charge in [-0.25, -0.2) is 0 Å². The molecule has 0 fully saturated rings. The Kier molecular flexibility index (Phi) is 3.60. The Morgan fingerprint density at radius 1 is 1.60 bits per heavy atom. The Bertz CT molecular complexity index is 411. The van der Waals surface area contributed by atoms with Gasteiger partial charge in [-0.3, -0.25) is 10.1 Å². The third-order valence-electron chi connectivity index (χ3n) is 1.78. The molecule has 0 aliphatic carbocycles. The van der Waals surface area contributed by atoms with Crippen molar-refractivity contribution in [3.63, 3.8) is 0 Å². The topological polar surface area (TPSA) is 105 Å². The van der Waals surface area contributed by atoms with Crippen LogP contribution >= 0.6 is 0 Å². The summed E-state index contributed by atoms with van der Waals surface area (Å²) in [6, 6.07) is 6.11. The Hall–Kier alpha value is -2.13. The molecule has 0 bridgehead atoms. The first-order valence-corrected chi connectivity index (χ1v) is 4.31. The smallest absolute Gasteiger partial charge is 0.293 e.